The van der Waals surface area contributed by atoms with Crippen molar-refractivity contribution in [2.24, 2.45) is 0 Å². The topological polar surface area (TPSA) is 90.9 Å². The highest BCUT2D eigenvalue weighted by molar-refractivity contribution is 7.13. The molecule has 0 radical (unpaired) electrons. The molecule has 11 heteroatoms. The summed E-state index contributed by atoms with van der Waals surface area (Å²) in [7, 11) is 1.59. The van der Waals surface area contributed by atoms with E-state index in [4.69, 9.17) is 9.47 Å². The fourth-order valence-electron chi connectivity index (χ4n) is 2.18. The molecule has 2 aromatic rings. The van der Waals surface area contributed by atoms with E-state index in [0.29, 0.717) is 36.2 Å². The Morgan fingerprint density at radius 2 is 2.11 bits per heavy atom. The van der Waals surface area contributed by atoms with Gasteiger partial charge in [-0.1, -0.05) is 6.07 Å². The van der Waals surface area contributed by atoms with Gasteiger partial charge in [-0.15, -0.1) is 20.1 Å². The summed E-state index contributed by atoms with van der Waals surface area (Å²) in [4.78, 5) is 16.2. The number of alkyl halides is 2. The van der Waals surface area contributed by atoms with E-state index in [0.717, 1.165) is 0 Å². The lowest BCUT2D eigenvalue weighted by Crippen LogP contribution is -2.28. The zero-order valence-corrected chi connectivity index (χ0v) is 15.1. The SMILES string of the molecule is COCCOCc1csc(NC(=O)NCc2ccc3c(c2)OC(F)(F)O3)n1. The number of carbonyl (C=O) groups is 1. The zero-order valence-electron chi connectivity index (χ0n) is 14.3. The van der Waals surface area contributed by atoms with Gasteiger partial charge in [-0.05, 0) is 17.7 Å². The molecule has 0 unspecified atom stereocenters. The van der Waals surface area contributed by atoms with Gasteiger partial charge in [0, 0.05) is 19.0 Å². The zero-order chi connectivity index (χ0) is 19.3. The van der Waals surface area contributed by atoms with Gasteiger partial charge >= 0.3 is 12.3 Å². The maximum atomic E-state index is 13.0. The maximum absolute atomic E-state index is 13.0. The minimum absolute atomic E-state index is 0.0452. The highest BCUT2D eigenvalue weighted by Crippen LogP contribution is 2.41. The fourth-order valence-corrected chi connectivity index (χ4v) is 2.87. The number of carbonyl (C=O) groups excluding carboxylic acids is 1. The van der Waals surface area contributed by atoms with Crippen molar-refractivity contribution in [2.45, 2.75) is 19.4 Å². The van der Waals surface area contributed by atoms with Crippen molar-refractivity contribution in [3.05, 3.63) is 34.8 Å². The normalized spacial score (nSPS) is 14.2. The summed E-state index contributed by atoms with van der Waals surface area (Å²) in [5, 5.41) is 7.41. The lowest BCUT2D eigenvalue weighted by Gasteiger charge is -2.06. The lowest BCUT2D eigenvalue weighted by atomic mass is 10.2. The summed E-state index contributed by atoms with van der Waals surface area (Å²) >= 11 is 1.27. The molecule has 8 nitrogen and oxygen atoms in total. The standard InChI is InChI=1S/C16H17F2N3O5S/c1-23-4-5-24-8-11-9-27-15(20-11)21-14(22)19-7-10-2-3-12-13(6-10)26-16(17,18)25-12/h2-3,6,9H,4-5,7-8H2,1H3,(H2,19,20,21,22). The molecule has 0 atom stereocenters. The van der Waals surface area contributed by atoms with E-state index < -0.39 is 12.3 Å². The Morgan fingerprint density at radius 1 is 1.30 bits per heavy atom. The number of anilines is 1. The van der Waals surface area contributed by atoms with E-state index >= 15 is 0 Å². The van der Waals surface area contributed by atoms with Gasteiger partial charge in [0.25, 0.3) is 0 Å². The van der Waals surface area contributed by atoms with Gasteiger partial charge in [0.2, 0.25) is 0 Å². The molecule has 146 valence electrons. The predicted octanol–water partition coefficient (Wildman–Crippen LogP) is 2.95. The van der Waals surface area contributed by atoms with Gasteiger partial charge in [-0.2, -0.15) is 0 Å². The van der Waals surface area contributed by atoms with Crippen LogP contribution in [-0.2, 0) is 22.6 Å². The second kappa shape index (κ2) is 8.46. The Labute approximate surface area is 157 Å². The molecule has 0 fully saturated rings. The Morgan fingerprint density at radius 3 is 2.93 bits per heavy atom. The van der Waals surface area contributed by atoms with Crippen molar-refractivity contribution in [2.75, 3.05) is 25.6 Å². The smallest absolute Gasteiger partial charge is 0.395 e. The van der Waals surface area contributed by atoms with Gasteiger partial charge < -0.3 is 24.3 Å². The van der Waals surface area contributed by atoms with Crippen LogP contribution in [0.1, 0.15) is 11.3 Å². The summed E-state index contributed by atoms with van der Waals surface area (Å²) < 4.78 is 44.9. The van der Waals surface area contributed by atoms with Crippen molar-refractivity contribution in [3.8, 4) is 11.5 Å². The number of hydrogen-bond acceptors (Lipinski definition) is 7. The summed E-state index contributed by atoms with van der Waals surface area (Å²) in [6.07, 6.45) is -3.67. The third-order valence-corrected chi connectivity index (χ3v) is 4.18. The van der Waals surface area contributed by atoms with Crippen LogP contribution < -0.4 is 20.1 Å². The summed E-state index contributed by atoms with van der Waals surface area (Å²) in [6.45, 7) is 1.39. The lowest BCUT2D eigenvalue weighted by molar-refractivity contribution is -0.286. The molecule has 0 aliphatic carbocycles. The summed E-state index contributed by atoms with van der Waals surface area (Å²) in [5.41, 5.74) is 1.28. The Balaban J connectivity index is 1.45. The van der Waals surface area contributed by atoms with Crippen molar-refractivity contribution >= 4 is 22.5 Å². The van der Waals surface area contributed by atoms with Crippen LogP contribution >= 0.6 is 11.3 Å². The average Bonchev–Trinajstić information content (AvgIpc) is 3.18. The van der Waals surface area contributed by atoms with Crippen LogP contribution in [0.25, 0.3) is 0 Å². The largest absolute Gasteiger partial charge is 0.586 e. The van der Waals surface area contributed by atoms with E-state index in [1.807, 2.05) is 0 Å². The number of ether oxygens (including phenoxy) is 4. The molecule has 27 heavy (non-hydrogen) atoms. The number of thiazole rings is 1. The van der Waals surface area contributed by atoms with Crippen molar-refractivity contribution < 1.29 is 32.5 Å². The number of benzene rings is 1. The van der Waals surface area contributed by atoms with Crippen molar-refractivity contribution in [3.63, 3.8) is 0 Å². The van der Waals surface area contributed by atoms with E-state index in [1.165, 1.54) is 23.5 Å². The van der Waals surface area contributed by atoms with E-state index in [-0.39, 0.29) is 18.0 Å². The number of urea groups is 1. The van der Waals surface area contributed by atoms with Crippen LogP contribution in [0.2, 0.25) is 0 Å². The number of methoxy groups -OCH3 is 1. The van der Waals surface area contributed by atoms with Gasteiger partial charge in [0.05, 0.1) is 25.5 Å². The molecule has 1 aliphatic heterocycles. The van der Waals surface area contributed by atoms with Crippen LogP contribution in [0, 0.1) is 0 Å². The number of halogens is 2. The first-order valence-electron chi connectivity index (χ1n) is 7.90. The molecule has 2 heterocycles. The molecule has 1 aromatic carbocycles. The Bertz CT molecular complexity index is 802. The van der Waals surface area contributed by atoms with Crippen LogP contribution in [0.5, 0.6) is 11.5 Å². The first-order chi connectivity index (χ1) is 12.9. The summed E-state index contributed by atoms with van der Waals surface area (Å²) in [5.74, 6) is -0.117. The molecular weight excluding hydrogens is 384 g/mol. The van der Waals surface area contributed by atoms with E-state index in [9.17, 15) is 13.6 Å². The van der Waals surface area contributed by atoms with Crippen LogP contribution in [-0.4, -0.2) is 37.6 Å². The number of hydrogen-bond donors (Lipinski definition) is 2. The molecule has 0 saturated carbocycles. The van der Waals surface area contributed by atoms with Crippen molar-refractivity contribution in [1.82, 2.24) is 10.3 Å². The molecule has 2 N–H and O–H groups in total. The van der Waals surface area contributed by atoms with E-state index in [1.54, 1.807) is 18.6 Å². The van der Waals surface area contributed by atoms with Gasteiger partial charge in [-0.3, -0.25) is 5.32 Å². The highest BCUT2D eigenvalue weighted by atomic mass is 32.1. The molecule has 0 saturated heterocycles. The molecule has 2 amide bonds. The van der Waals surface area contributed by atoms with Gasteiger partial charge in [0.1, 0.15) is 0 Å². The molecule has 1 aromatic heterocycles. The monoisotopic (exact) mass is 401 g/mol. The van der Waals surface area contributed by atoms with Gasteiger partial charge in [-0.25, -0.2) is 9.78 Å². The third kappa shape index (κ3) is 5.49. The number of nitrogens with zero attached hydrogens (tertiary/aromatic N) is 1. The third-order valence-electron chi connectivity index (χ3n) is 3.37. The second-order valence-corrected chi connectivity index (χ2v) is 6.30. The number of rotatable bonds is 8. The predicted molar refractivity (Wildman–Crippen MR) is 92.1 cm³/mol. The van der Waals surface area contributed by atoms with Crippen LogP contribution in [0.3, 0.4) is 0 Å². The number of aromatic nitrogens is 1. The molecule has 3 rings (SSSR count). The first-order valence-corrected chi connectivity index (χ1v) is 8.78. The molecular formula is C16H17F2N3O5S. The molecule has 1 aliphatic rings. The number of amides is 2. The average molecular weight is 401 g/mol. The number of fused-ring (bicyclic) bond motifs is 1. The maximum Gasteiger partial charge on any atom is 0.586 e. The highest BCUT2D eigenvalue weighted by Gasteiger charge is 2.43. The van der Waals surface area contributed by atoms with E-state index in [2.05, 4.69) is 25.1 Å². The van der Waals surface area contributed by atoms with Gasteiger partial charge in [0.15, 0.2) is 16.6 Å². The second-order valence-electron chi connectivity index (χ2n) is 5.45. The first kappa shape index (κ1) is 19.3. The Kier molecular flexibility index (Phi) is 6.04. The molecule has 0 spiro atoms. The Hall–Kier alpha value is -2.50. The quantitative estimate of drug-likeness (QED) is 0.661. The van der Waals surface area contributed by atoms with Crippen molar-refractivity contribution in [1.29, 1.82) is 0 Å². The van der Waals surface area contributed by atoms with Crippen LogP contribution in [0.4, 0.5) is 18.7 Å². The summed E-state index contributed by atoms with van der Waals surface area (Å²) in [6, 6.07) is 3.83. The fraction of sp³-hybridized carbons (Fsp3) is 0.375. The minimum Gasteiger partial charge on any atom is -0.395 e. The van der Waals surface area contributed by atoms with Crippen LogP contribution in [0.15, 0.2) is 23.6 Å². The minimum atomic E-state index is -3.67. The molecule has 0 bridgehead atoms. The number of nitrogens with one attached hydrogen (secondary N) is 2.